The average molecular weight is 398 g/mol. The molecular weight excluding hydrogens is 376 g/mol. The maximum Gasteiger partial charge on any atom is 0.255 e. The van der Waals surface area contributed by atoms with Crippen LogP contribution in [0.2, 0.25) is 0 Å². The molecule has 0 spiro atoms. The van der Waals surface area contributed by atoms with Gasteiger partial charge in [0.25, 0.3) is 5.91 Å². The molecule has 0 radical (unpaired) electrons. The van der Waals surface area contributed by atoms with Gasteiger partial charge in [-0.25, -0.2) is 4.98 Å². The normalized spacial score (nSPS) is 13.7. The van der Waals surface area contributed by atoms with E-state index in [-0.39, 0.29) is 5.91 Å². The number of hydrogen-bond acceptors (Lipinski definition) is 4. The van der Waals surface area contributed by atoms with E-state index in [2.05, 4.69) is 21.0 Å². The molecule has 4 aromatic rings. The van der Waals surface area contributed by atoms with Crippen molar-refractivity contribution in [3.05, 3.63) is 66.7 Å². The lowest BCUT2D eigenvalue weighted by Gasteiger charge is -2.15. The molecule has 6 nitrogen and oxygen atoms in total. The van der Waals surface area contributed by atoms with Crippen LogP contribution in [0.3, 0.4) is 0 Å². The number of fused-ring (bicyclic) bond motifs is 1. The van der Waals surface area contributed by atoms with Gasteiger partial charge in [-0.1, -0.05) is 18.2 Å². The van der Waals surface area contributed by atoms with E-state index in [1.165, 1.54) is 0 Å². The molecule has 1 N–H and O–H groups in total. The highest BCUT2D eigenvalue weighted by Gasteiger charge is 2.20. The monoisotopic (exact) mass is 398 g/mol. The lowest BCUT2D eigenvalue weighted by atomic mass is 10.0. The Hall–Kier alpha value is -3.67. The quantitative estimate of drug-likeness (QED) is 0.548. The molecule has 150 valence electrons. The Morgan fingerprint density at radius 2 is 1.83 bits per heavy atom. The summed E-state index contributed by atoms with van der Waals surface area (Å²) in [5.41, 5.74) is 5.24. The summed E-state index contributed by atoms with van der Waals surface area (Å²) in [5.74, 6) is 0.857. The number of amides is 1. The Bertz CT molecular complexity index is 1220. The molecule has 0 saturated carbocycles. The van der Waals surface area contributed by atoms with Gasteiger partial charge in [-0.2, -0.15) is 0 Å². The molecule has 0 atom stereocenters. The van der Waals surface area contributed by atoms with Crippen molar-refractivity contribution in [2.24, 2.45) is 0 Å². The van der Waals surface area contributed by atoms with Gasteiger partial charge in [-0.15, -0.1) is 0 Å². The van der Waals surface area contributed by atoms with Crippen molar-refractivity contribution in [1.82, 2.24) is 19.9 Å². The molecule has 6 heteroatoms. The highest BCUT2D eigenvalue weighted by atomic mass is 16.5. The van der Waals surface area contributed by atoms with Crippen molar-refractivity contribution in [1.29, 1.82) is 0 Å². The zero-order valence-electron chi connectivity index (χ0n) is 16.8. The summed E-state index contributed by atoms with van der Waals surface area (Å²) in [6.45, 7) is 1.64. The molecule has 1 aliphatic heterocycles. The number of nitrogens with zero attached hydrogens (tertiary/aromatic N) is 3. The number of pyridine rings is 2. The molecule has 1 aromatic carbocycles. The molecule has 1 amide bonds. The van der Waals surface area contributed by atoms with Crippen LogP contribution in [0.15, 0.2) is 61.2 Å². The van der Waals surface area contributed by atoms with Crippen LogP contribution in [0.1, 0.15) is 23.2 Å². The highest BCUT2D eigenvalue weighted by Crippen LogP contribution is 2.36. The summed E-state index contributed by atoms with van der Waals surface area (Å²) in [4.78, 5) is 26.8. The minimum Gasteiger partial charge on any atom is -0.496 e. The van der Waals surface area contributed by atoms with Crippen molar-refractivity contribution >= 4 is 16.9 Å². The number of hydrogen-bond donors (Lipinski definition) is 1. The smallest absolute Gasteiger partial charge is 0.255 e. The summed E-state index contributed by atoms with van der Waals surface area (Å²) >= 11 is 0. The van der Waals surface area contributed by atoms with Gasteiger partial charge in [0, 0.05) is 65.5 Å². The van der Waals surface area contributed by atoms with Crippen molar-refractivity contribution in [3.8, 4) is 28.0 Å². The summed E-state index contributed by atoms with van der Waals surface area (Å²) in [5, 5.41) is 0.994. The number of aromatic amines is 1. The van der Waals surface area contributed by atoms with Crippen molar-refractivity contribution < 1.29 is 9.53 Å². The lowest BCUT2D eigenvalue weighted by Crippen LogP contribution is -2.27. The van der Waals surface area contributed by atoms with Crippen LogP contribution in [-0.4, -0.2) is 46.0 Å². The van der Waals surface area contributed by atoms with Crippen LogP contribution in [0.5, 0.6) is 5.75 Å². The third-order valence-electron chi connectivity index (χ3n) is 5.64. The van der Waals surface area contributed by atoms with Crippen molar-refractivity contribution in [2.75, 3.05) is 20.2 Å². The van der Waals surface area contributed by atoms with E-state index in [1.54, 1.807) is 19.5 Å². The predicted molar refractivity (Wildman–Crippen MR) is 116 cm³/mol. The largest absolute Gasteiger partial charge is 0.496 e. The first kappa shape index (κ1) is 18.4. The third-order valence-corrected chi connectivity index (χ3v) is 5.64. The fourth-order valence-corrected chi connectivity index (χ4v) is 4.07. The van der Waals surface area contributed by atoms with E-state index < -0.39 is 0 Å². The number of methoxy groups -OCH3 is 1. The van der Waals surface area contributed by atoms with E-state index in [4.69, 9.17) is 4.74 Å². The van der Waals surface area contributed by atoms with Crippen LogP contribution in [0, 0.1) is 0 Å². The minimum absolute atomic E-state index is 0.0484. The maximum absolute atomic E-state index is 12.8. The van der Waals surface area contributed by atoms with Crippen molar-refractivity contribution in [3.63, 3.8) is 0 Å². The van der Waals surface area contributed by atoms with E-state index >= 15 is 0 Å². The SMILES string of the molecule is COc1ccccc1-c1c[nH]c2ncc(-c3cncc(C(=O)N4CCCC4)c3)cc12. The van der Waals surface area contributed by atoms with Gasteiger partial charge in [0.1, 0.15) is 11.4 Å². The Morgan fingerprint density at radius 1 is 1.03 bits per heavy atom. The molecule has 5 rings (SSSR count). The zero-order chi connectivity index (χ0) is 20.5. The van der Waals surface area contributed by atoms with E-state index in [0.29, 0.717) is 5.56 Å². The van der Waals surface area contributed by atoms with Crippen molar-refractivity contribution in [2.45, 2.75) is 12.8 Å². The average Bonchev–Trinajstić information content (AvgIpc) is 3.48. The number of para-hydroxylation sites is 1. The number of ether oxygens (including phenoxy) is 1. The van der Waals surface area contributed by atoms with Crippen LogP contribution in [-0.2, 0) is 0 Å². The summed E-state index contributed by atoms with van der Waals surface area (Å²) < 4.78 is 5.54. The van der Waals surface area contributed by atoms with E-state index in [0.717, 1.165) is 65.0 Å². The predicted octanol–water partition coefficient (Wildman–Crippen LogP) is 4.54. The molecule has 3 aromatic heterocycles. The summed E-state index contributed by atoms with van der Waals surface area (Å²) in [7, 11) is 1.67. The number of likely N-dealkylation sites (tertiary alicyclic amines) is 1. The molecule has 1 aliphatic rings. The number of carbonyl (C=O) groups excluding carboxylic acids is 1. The van der Waals surface area contributed by atoms with Gasteiger partial charge < -0.3 is 14.6 Å². The van der Waals surface area contributed by atoms with Gasteiger partial charge in [0.05, 0.1) is 12.7 Å². The number of benzene rings is 1. The van der Waals surface area contributed by atoms with Gasteiger partial charge in [0.2, 0.25) is 0 Å². The Kier molecular flexibility index (Phi) is 4.67. The van der Waals surface area contributed by atoms with E-state index in [1.807, 2.05) is 47.6 Å². The molecular formula is C24H22N4O2. The number of rotatable bonds is 4. The first-order valence-electron chi connectivity index (χ1n) is 10.1. The van der Waals surface area contributed by atoms with Gasteiger partial charge in [0.15, 0.2) is 0 Å². The fourth-order valence-electron chi connectivity index (χ4n) is 4.07. The van der Waals surface area contributed by atoms with Gasteiger partial charge in [-0.3, -0.25) is 9.78 Å². The second-order valence-corrected chi connectivity index (χ2v) is 7.48. The molecule has 30 heavy (non-hydrogen) atoms. The maximum atomic E-state index is 12.8. The number of carbonyl (C=O) groups is 1. The van der Waals surface area contributed by atoms with E-state index in [9.17, 15) is 4.79 Å². The first-order valence-corrected chi connectivity index (χ1v) is 10.1. The second kappa shape index (κ2) is 7.63. The Balaban J connectivity index is 1.56. The third kappa shape index (κ3) is 3.20. The fraction of sp³-hybridized carbons (Fsp3) is 0.208. The topological polar surface area (TPSA) is 71.1 Å². The summed E-state index contributed by atoms with van der Waals surface area (Å²) in [6, 6.07) is 11.9. The van der Waals surface area contributed by atoms with Gasteiger partial charge in [-0.05, 0) is 31.0 Å². The second-order valence-electron chi connectivity index (χ2n) is 7.48. The molecule has 0 unspecified atom stereocenters. The summed E-state index contributed by atoms with van der Waals surface area (Å²) in [6.07, 6.45) is 9.32. The zero-order valence-corrected chi connectivity index (χ0v) is 16.8. The number of H-pyrrole nitrogens is 1. The molecule has 0 aliphatic carbocycles. The molecule has 4 heterocycles. The molecule has 1 fully saturated rings. The highest BCUT2D eigenvalue weighted by molar-refractivity contribution is 5.98. The Labute approximate surface area is 174 Å². The number of aromatic nitrogens is 3. The minimum atomic E-state index is 0.0484. The first-order chi connectivity index (χ1) is 14.7. The molecule has 1 saturated heterocycles. The number of nitrogens with one attached hydrogen (secondary N) is 1. The van der Waals surface area contributed by atoms with Crippen LogP contribution in [0.4, 0.5) is 0 Å². The van der Waals surface area contributed by atoms with Crippen LogP contribution in [0.25, 0.3) is 33.3 Å². The van der Waals surface area contributed by atoms with Gasteiger partial charge >= 0.3 is 0 Å². The van der Waals surface area contributed by atoms with Crippen LogP contribution >= 0.6 is 0 Å². The lowest BCUT2D eigenvalue weighted by molar-refractivity contribution is 0.0792. The Morgan fingerprint density at radius 3 is 2.67 bits per heavy atom. The van der Waals surface area contributed by atoms with Crippen LogP contribution < -0.4 is 4.74 Å². The standard InChI is InChI=1S/C24H22N4O2/c1-30-22-7-3-2-6-19(22)21-15-27-23-20(21)11-17(14-26-23)16-10-18(13-25-12-16)24(29)28-8-4-5-9-28/h2-3,6-7,10-15H,4-5,8-9H2,1H3,(H,26,27). The molecule has 0 bridgehead atoms.